The van der Waals surface area contributed by atoms with E-state index in [4.69, 9.17) is 0 Å². The molecule has 1 fully saturated rings. The van der Waals surface area contributed by atoms with Gasteiger partial charge in [-0.05, 0) is 25.7 Å². The molecule has 4 heteroatoms. The third kappa shape index (κ3) is 1.36. The highest BCUT2D eigenvalue weighted by Crippen LogP contribution is 2.49. The van der Waals surface area contributed by atoms with Gasteiger partial charge in [0.25, 0.3) is 0 Å². The number of rotatable bonds is 2. The Bertz CT molecular complexity index is 150. The van der Waals surface area contributed by atoms with Crippen LogP contribution in [-0.2, 0) is 4.74 Å². The second-order valence-corrected chi connectivity index (χ2v) is 3.08. The van der Waals surface area contributed by atoms with E-state index >= 15 is 0 Å². The van der Waals surface area contributed by atoms with Crippen molar-refractivity contribution in [1.29, 1.82) is 0 Å². The predicted octanol–water partition coefficient (Wildman–Crippen LogP) is 2.36. The largest absolute Gasteiger partial charge is 0.417 e. The molecule has 1 nitrogen and oxygen atoms in total. The molecule has 0 radical (unpaired) electrons. The molecule has 0 bridgehead atoms. The number of alkyl halides is 3. The molecule has 0 heterocycles. The summed E-state index contributed by atoms with van der Waals surface area (Å²) in [4.78, 5) is 0. The molecule has 0 saturated heterocycles. The molecular weight excluding hydrogens is 157 g/mol. The minimum absolute atomic E-state index is 0.326. The molecule has 11 heavy (non-hydrogen) atoms. The van der Waals surface area contributed by atoms with Crippen LogP contribution < -0.4 is 0 Å². The number of hydrogen-bond acceptors (Lipinski definition) is 1. The molecule has 0 aromatic heterocycles. The summed E-state index contributed by atoms with van der Waals surface area (Å²) in [5.41, 5.74) is -1.91. The van der Waals surface area contributed by atoms with Crippen molar-refractivity contribution in [3.8, 4) is 0 Å². The van der Waals surface area contributed by atoms with E-state index in [0.717, 1.165) is 14.0 Å². The standard InChI is InChI=1S/C7H11F3O/c1-6(11-2,5-3-4-5)7(8,9)10/h5H,3-4H2,1-2H3. The van der Waals surface area contributed by atoms with Crippen molar-refractivity contribution in [2.24, 2.45) is 5.92 Å². The highest BCUT2D eigenvalue weighted by molar-refractivity contribution is 4.97. The van der Waals surface area contributed by atoms with E-state index < -0.39 is 11.8 Å². The van der Waals surface area contributed by atoms with Gasteiger partial charge in [-0.1, -0.05) is 0 Å². The lowest BCUT2D eigenvalue weighted by Gasteiger charge is -2.30. The highest BCUT2D eigenvalue weighted by atomic mass is 19.4. The van der Waals surface area contributed by atoms with Gasteiger partial charge in [0.2, 0.25) is 0 Å². The topological polar surface area (TPSA) is 9.23 Å². The van der Waals surface area contributed by atoms with Crippen LogP contribution in [0.1, 0.15) is 19.8 Å². The summed E-state index contributed by atoms with van der Waals surface area (Å²) in [7, 11) is 1.12. The van der Waals surface area contributed by atoms with Crippen LogP contribution in [0.15, 0.2) is 0 Å². The molecule has 0 aromatic rings. The van der Waals surface area contributed by atoms with Crippen LogP contribution in [0.5, 0.6) is 0 Å². The molecule has 1 rings (SSSR count). The van der Waals surface area contributed by atoms with Gasteiger partial charge in [-0.25, -0.2) is 0 Å². The van der Waals surface area contributed by atoms with Crippen molar-refractivity contribution in [2.75, 3.05) is 7.11 Å². The molecule has 0 spiro atoms. The highest BCUT2D eigenvalue weighted by Gasteiger charge is 2.59. The van der Waals surface area contributed by atoms with E-state index in [1.165, 1.54) is 0 Å². The summed E-state index contributed by atoms with van der Waals surface area (Å²) in [6.45, 7) is 1.12. The van der Waals surface area contributed by atoms with Gasteiger partial charge >= 0.3 is 6.18 Å². The first kappa shape index (κ1) is 8.84. The summed E-state index contributed by atoms with van der Waals surface area (Å²) in [6, 6.07) is 0. The quantitative estimate of drug-likeness (QED) is 0.615. The average Bonchev–Trinajstić information content (AvgIpc) is 2.64. The predicted molar refractivity (Wildman–Crippen MR) is 34.2 cm³/mol. The Kier molecular flexibility index (Phi) is 1.90. The van der Waals surface area contributed by atoms with Crippen molar-refractivity contribution < 1.29 is 17.9 Å². The van der Waals surface area contributed by atoms with Gasteiger partial charge in [-0.15, -0.1) is 0 Å². The molecule has 0 aliphatic heterocycles. The monoisotopic (exact) mass is 168 g/mol. The Balaban J connectivity index is 2.73. The van der Waals surface area contributed by atoms with Gasteiger partial charge in [-0.3, -0.25) is 0 Å². The zero-order chi connectivity index (χ0) is 8.70. The Morgan fingerprint density at radius 3 is 1.82 bits per heavy atom. The van der Waals surface area contributed by atoms with E-state index in [0.29, 0.717) is 12.8 Å². The molecule has 1 atom stereocenters. The average molecular weight is 168 g/mol. The molecular formula is C7H11F3O. The van der Waals surface area contributed by atoms with Gasteiger partial charge in [-0.2, -0.15) is 13.2 Å². The Hall–Kier alpha value is -0.250. The maximum absolute atomic E-state index is 12.3. The van der Waals surface area contributed by atoms with Gasteiger partial charge in [0.05, 0.1) is 0 Å². The summed E-state index contributed by atoms with van der Waals surface area (Å²) in [5.74, 6) is -0.326. The number of methoxy groups -OCH3 is 1. The van der Waals surface area contributed by atoms with Gasteiger partial charge < -0.3 is 4.74 Å². The van der Waals surface area contributed by atoms with Crippen molar-refractivity contribution in [3.63, 3.8) is 0 Å². The maximum atomic E-state index is 12.3. The number of halogens is 3. The van der Waals surface area contributed by atoms with E-state index in [1.54, 1.807) is 0 Å². The molecule has 1 aliphatic carbocycles. The van der Waals surface area contributed by atoms with Crippen molar-refractivity contribution in [3.05, 3.63) is 0 Å². The maximum Gasteiger partial charge on any atom is 0.417 e. The van der Waals surface area contributed by atoms with Crippen LogP contribution >= 0.6 is 0 Å². The second kappa shape index (κ2) is 2.37. The Morgan fingerprint density at radius 1 is 1.27 bits per heavy atom. The minimum Gasteiger partial charge on any atom is -0.369 e. The van der Waals surface area contributed by atoms with Crippen molar-refractivity contribution in [2.45, 2.75) is 31.5 Å². The fraction of sp³-hybridized carbons (Fsp3) is 1.00. The van der Waals surface area contributed by atoms with Crippen molar-refractivity contribution >= 4 is 0 Å². The first-order valence-corrected chi connectivity index (χ1v) is 3.53. The van der Waals surface area contributed by atoms with Crippen LogP contribution in [-0.4, -0.2) is 18.9 Å². The SMILES string of the molecule is COC(C)(C1CC1)C(F)(F)F. The van der Waals surface area contributed by atoms with Gasteiger partial charge in [0, 0.05) is 7.11 Å². The summed E-state index contributed by atoms with van der Waals surface area (Å²) < 4.78 is 41.3. The van der Waals surface area contributed by atoms with E-state index in [1.807, 2.05) is 0 Å². The van der Waals surface area contributed by atoms with Crippen LogP contribution in [0.3, 0.4) is 0 Å². The normalized spacial score (nSPS) is 24.8. The number of ether oxygens (including phenoxy) is 1. The first-order valence-electron chi connectivity index (χ1n) is 3.53. The van der Waals surface area contributed by atoms with E-state index in [9.17, 15) is 13.2 Å². The molecule has 1 saturated carbocycles. The minimum atomic E-state index is -4.23. The fourth-order valence-corrected chi connectivity index (χ4v) is 1.15. The van der Waals surface area contributed by atoms with Crippen LogP contribution in [0, 0.1) is 5.92 Å². The van der Waals surface area contributed by atoms with Crippen molar-refractivity contribution in [1.82, 2.24) is 0 Å². The smallest absolute Gasteiger partial charge is 0.369 e. The summed E-state index contributed by atoms with van der Waals surface area (Å²) in [6.07, 6.45) is -2.98. The van der Waals surface area contributed by atoms with Crippen LogP contribution in [0.2, 0.25) is 0 Å². The first-order chi connectivity index (χ1) is 4.92. The third-order valence-electron chi connectivity index (χ3n) is 2.34. The lowest BCUT2D eigenvalue weighted by molar-refractivity contribution is -0.270. The lowest BCUT2D eigenvalue weighted by Crippen LogP contribution is -2.46. The molecule has 0 N–H and O–H groups in total. The summed E-state index contributed by atoms with van der Waals surface area (Å²) in [5, 5.41) is 0. The molecule has 1 unspecified atom stereocenters. The van der Waals surface area contributed by atoms with E-state index in [-0.39, 0.29) is 5.92 Å². The zero-order valence-electron chi connectivity index (χ0n) is 6.53. The van der Waals surface area contributed by atoms with Gasteiger partial charge in [0.15, 0.2) is 5.60 Å². The summed E-state index contributed by atoms with van der Waals surface area (Å²) >= 11 is 0. The second-order valence-electron chi connectivity index (χ2n) is 3.08. The lowest BCUT2D eigenvalue weighted by atomic mass is 10.00. The fourth-order valence-electron chi connectivity index (χ4n) is 1.15. The zero-order valence-corrected chi connectivity index (χ0v) is 6.53. The molecule has 1 aliphatic rings. The van der Waals surface area contributed by atoms with Crippen LogP contribution in [0.4, 0.5) is 13.2 Å². The van der Waals surface area contributed by atoms with E-state index in [2.05, 4.69) is 4.74 Å². The number of hydrogen-bond donors (Lipinski definition) is 0. The molecule has 0 amide bonds. The molecule has 0 aromatic carbocycles. The third-order valence-corrected chi connectivity index (χ3v) is 2.34. The van der Waals surface area contributed by atoms with Crippen LogP contribution in [0.25, 0.3) is 0 Å². The Labute approximate surface area is 63.5 Å². The molecule has 66 valence electrons. The Morgan fingerprint density at radius 2 is 1.73 bits per heavy atom. The van der Waals surface area contributed by atoms with Gasteiger partial charge in [0.1, 0.15) is 0 Å².